The highest BCUT2D eigenvalue weighted by Gasteiger charge is 2.36. The van der Waals surface area contributed by atoms with Crippen LogP contribution in [0.4, 0.5) is 5.69 Å². The van der Waals surface area contributed by atoms with Gasteiger partial charge in [0.15, 0.2) is 5.78 Å². The lowest BCUT2D eigenvalue weighted by molar-refractivity contribution is -0.116. The molecule has 1 aromatic heterocycles. The molecule has 142 valence electrons. The number of benzene rings is 1. The number of Topliss-reactive ketones (excluding diaryl/α,β-unsaturated/α-hetero) is 1. The van der Waals surface area contributed by atoms with Gasteiger partial charge in [0.2, 0.25) is 5.91 Å². The Hall–Kier alpha value is -2.09. The number of hydrogen-bond donors (Lipinski definition) is 2. The van der Waals surface area contributed by atoms with Gasteiger partial charge in [0.1, 0.15) is 5.60 Å². The first-order valence-corrected chi connectivity index (χ1v) is 10.0. The van der Waals surface area contributed by atoms with Crippen LogP contribution in [0.15, 0.2) is 24.3 Å². The number of likely N-dealkylation sites (tertiary alicyclic amines) is 1. The van der Waals surface area contributed by atoms with Crippen LogP contribution in [-0.4, -0.2) is 45.7 Å². The van der Waals surface area contributed by atoms with E-state index in [1.165, 1.54) is 11.5 Å². The topological polar surface area (TPSA) is 82.5 Å². The molecule has 6 nitrogen and oxygen atoms in total. The van der Waals surface area contributed by atoms with Gasteiger partial charge in [-0.05, 0) is 67.5 Å². The number of anilines is 1. The highest BCUT2D eigenvalue weighted by atomic mass is 32.1. The lowest BCUT2D eigenvalue weighted by Crippen LogP contribution is -2.44. The lowest BCUT2D eigenvalue weighted by atomic mass is 9.89. The summed E-state index contributed by atoms with van der Waals surface area (Å²) < 4.78 is 4.27. The molecular formula is C20H23N3O3S. The molecule has 2 aliphatic heterocycles. The molecule has 0 bridgehead atoms. The number of hydrogen-bond acceptors (Lipinski definition) is 6. The molecule has 7 heteroatoms. The van der Waals surface area contributed by atoms with Gasteiger partial charge < -0.3 is 10.4 Å². The highest BCUT2D eigenvalue weighted by molar-refractivity contribution is 7.06. The third-order valence-corrected chi connectivity index (χ3v) is 6.53. The number of aliphatic hydroxyl groups is 1. The quantitative estimate of drug-likeness (QED) is 0.790. The Bertz CT molecular complexity index is 884. The van der Waals surface area contributed by atoms with E-state index in [0.29, 0.717) is 50.9 Å². The fourth-order valence-electron chi connectivity index (χ4n) is 3.76. The maximum absolute atomic E-state index is 12.7. The van der Waals surface area contributed by atoms with Gasteiger partial charge in [-0.25, -0.2) is 0 Å². The first kappa shape index (κ1) is 18.3. The number of nitrogens with zero attached hydrogens (tertiary/aromatic N) is 2. The van der Waals surface area contributed by atoms with Crippen molar-refractivity contribution in [1.29, 1.82) is 0 Å². The van der Waals surface area contributed by atoms with Crippen LogP contribution in [0.3, 0.4) is 0 Å². The minimum atomic E-state index is -0.824. The smallest absolute Gasteiger partial charge is 0.224 e. The van der Waals surface area contributed by atoms with Crippen LogP contribution in [0.5, 0.6) is 0 Å². The zero-order valence-electron chi connectivity index (χ0n) is 15.3. The molecule has 1 saturated heterocycles. The average molecular weight is 385 g/mol. The van der Waals surface area contributed by atoms with Crippen LogP contribution < -0.4 is 5.32 Å². The molecule has 27 heavy (non-hydrogen) atoms. The number of aryl methyl sites for hydroxylation is 2. The van der Waals surface area contributed by atoms with Crippen molar-refractivity contribution < 1.29 is 14.7 Å². The molecule has 0 atom stereocenters. The second kappa shape index (κ2) is 7.14. The predicted octanol–water partition coefficient (Wildman–Crippen LogP) is 2.50. The number of piperidine rings is 1. The Labute approximate surface area is 162 Å². The van der Waals surface area contributed by atoms with Gasteiger partial charge in [-0.15, -0.1) is 0 Å². The molecule has 1 aromatic carbocycles. The van der Waals surface area contributed by atoms with Gasteiger partial charge in [0.25, 0.3) is 0 Å². The SMILES string of the molecule is Cc1cc(C2(O)CCN(CC(=O)c3ccc4c(c3)CCC(=O)N4)CC2)sn1. The second-order valence-electron chi connectivity index (χ2n) is 7.48. The van der Waals surface area contributed by atoms with Crippen LogP contribution >= 0.6 is 11.5 Å². The zero-order chi connectivity index (χ0) is 19.0. The van der Waals surface area contributed by atoms with Gasteiger partial charge in [-0.1, -0.05) is 0 Å². The van der Waals surface area contributed by atoms with Gasteiger partial charge in [-0.3, -0.25) is 14.5 Å². The number of ketones is 1. The Balaban J connectivity index is 1.38. The monoisotopic (exact) mass is 385 g/mol. The number of fused-ring (bicyclic) bond motifs is 1. The molecule has 2 aromatic rings. The van der Waals surface area contributed by atoms with E-state index in [0.717, 1.165) is 21.8 Å². The van der Waals surface area contributed by atoms with E-state index in [1.807, 2.05) is 25.1 Å². The van der Waals surface area contributed by atoms with Crippen LogP contribution in [0.2, 0.25) is 0 Å². The number of carbonyl (C=O) groups excluding carboxylic acids is 2. The maximum atomic E-state index is 12.7. The molecule has 0 aliphatic carbocycles. The van der Waals surface area contributed by atoms with Crippen LogP contribution in [0.1, 0.15) is 45.8 Å². The highest BCUT2D eigenvalue weighted by Crippen LogP contribution is 2.35. The Morgan fingerprint density at radius 3 is 2.78 bits per heavy atom. The van der Waals surface area contributed by atoms with Gasteiger partial charge >= 0.3 is 0 Å². The second-order valence-corrected chi connectivity index (χ2v) is 8.29. The largest absolute Gasteiger partial charge is 0.384 e. The molecule has 0 unspecified atom stereocenters. The summed E-state index contributed by atoms with van der Waals surface area (Å²) in [5, 5.41) is 13.7. The van der Waals surface area contributed by atoms with Crippen molar-refractivity contribution in [1.82, 2.24) is 9.27 Å². The van der Waals surface area contributed by atoms with E-state index in [9.17, 15) is 14.7 Å². The normalized spacial score (nSPS) is 19.4. The molecule has 0 spiro atoms. The molecule has 0 saturated carbocycles. The van der Waals surface area contributed by atoms with Crippen molar-refractivity contribution in [3.05, 3.63) is 46.0 Å². The van der Waals surface area contributed by atoms with E-state index in [4.69, 9.17) is 0 Å². The summed E-state index contributed by atoms with van der Waals surface area (Å²) in [6.07, 6.45) is 2.36. The first-order chi connectivity index (χ1) is 12.9. The number of aromatic nitrogens is 1. The minimum Gasteiger partial charge on any atom is -0.384 e. The molecule has 2 aliphatic rings. The van der Waals surface area contributed by atoms with Crippen molar-refractivity contribution in [3.63, 3.8) is 0 Å². The van der Waals surface area contributed by atoms with Crippen molar-refractivity contribution in [3.8, 4) is 0 Å². The minimum absolute atomic E-state index is 0.0264. The van der Waals surface area contributed by atoms with Gasteiger partial charge in [-0.2, -0.15) is 4.37 Å². The summed E-state index contributed by atoms with van der Waals surface area (Å²) in [5.74, 6) is 0.104. The molecular weight excluding hydrogens is 362 g/mol. The number of amides is 1. The number of carbonyl (C=O) groups is 2. The first-order valence-electron chi connectivity index (χ1n) is 9.27. The summed E-state index contributed by atoms with van der Waals surface area (Å²) in [6, 6.07) is 7.46. The zero-order valence-corrected chi connectivity index (χ0v) is 16.1. The molecule has 0 radical (unpaired) electrons. The van der Waals surface area contributed by atoms with E-state index in [-0.39, 0.29) is 11.7 Å². The van der Waals surface area contributed by atoms with Crippen molar-refractivity contribution in [2.75, 3.05) is 25.0 Å². The van der Waals surface area contributed by atoms with Crippen LogP contribution in [-0.2, 0) is 16.8 Å². The van der Waals surface area contributed by atoms with Gasteiger partial charge in [0, 0.05) is 30.8 Å². The third kappa shape index (κ3) is 3.81. The Kier molecular flexibility index (Phi) is 4.84. The molecule has 3 heterocycles. The fraction of sp³-hybridized carbons (Fsp3) is 0.450. The summed E-state index contributed by atoms with van der Waals surface area (Å²) >= 11 is 1.36. The number of rotatable bonds is 4. The van der Waals surface area contributed by atoms with Crippen molar-refractivity contribution in [2.45, 2.75) is 38.2 Å². The van der Waals surface area contributed by atoms with E-state index in [2.05, 4.69) is 14.6 Å². The van der Waals surface area contributed by atoms with Crippen LogP contribution in [0, 0.1) is 6.92 Å². The Morgan fingerprint density at radius 2 is 2.07 bits per heavy atom. The summed E-state index contributed by atoms with van der Waals surface area (Å²) in [4.78, 5) is 27.2. The summed E-state index contributed by atoms with van der Waals surface area (Å²) in [6.45, 7) is 3.64. The summed E-state index contributed by atoms with van der Waals surface area (Å²) in [7, 11) is 0. The predicted molar refractivity (Wildman–Crippen MR) is 104 cm³/mol. The van der Waals surface area contributed by atoms with Crippen LogP contribution in [0.25, 0.3) is 0 Å². The van der Waals surface area contributed by atoms with E-state index in [1.54, 1.807) is 6.07 Å². The number of nitrogens with one attached hydrogen (secondary N) is 1. The molecule has 1 amide bonds. The van der Waals surface area contributed by atoms with Crippen molar-refractivity contribution >= 4 is 28.9 Å². The van der Waals surface area contributed by atoms with Crippen molar-refractivity contribution in [2.24, 2.45) is 0 Å². The molecule has 2 N–H and O–H groups in total. The summed E-state index contributed by atoms with van der Waals surface area (Å²) in [5.41, 5.74) is 2.63. The van der Waals surface area contributed by atoms with Gasteiger partial charge in [0.05, 0.1) is 17.1 Å². The standard InChI is InChI=1S/C20H23N3O3S/c1-13-10-18(27-22-13)20(26)6-8-23(9-7-20)12-17(24)15-2-4-16-14(11-15)3-5-19(25)21-16/h2,4,10-11,26H,3,5-9,12H2,1H3,(H,21,25). The maximum Gasteiger partial charge on any atom is 0.224 e. The van der Waals surface area contributed by atoms with E-state index >= 15 is 0 Å². The fourth-order valence-corrected chi connectivity index (χ4v) is 4.65. The third-order valence-electron chi connectivity index (χ3n) is 5.46. The average Bonchev–Trinajstić information content (AvgIpc) is 3.10. The lowest BCUT2D eigenvalue weighted by Gasteiger charge is -2.37. The Morgan fingerprint density at radius 1 is 1.30 bits per heavy atom. The molecule has 4 rings (SSSR count). The molecule has 1 fully saturated rings. The van der Waals surface area contributed by atoms with E-state index < -0.39 is 5.60 Å².